The first-order chi connectivity index (χ1) is 7.83. The molecule has 3 heteroatoms. The molecule has 0 aromatic heterocycles. The molecule has 0 spiro atoms. The molecule has 80 valence electrons. The van der Waals surface area contributed by atoms with E-state index < -0.39 is 0 Å². The molecule has 0 bridgehead atoms. The Morgan fingerprint density at radius 3 is 2.19 bits per heavy atom. The maximum Gasteiger partial charge on any atom is 0.150 e. The van der Waals surface area contributed by atoms with Gasteiger partial charge in [-0.2, -0.15) is 5.10 Å². The Bertz CT molecular complexity index is 504. The van der Waals surface area contributed by atoms with Crippen LogP contribution in [0.1, 0.15) is 5.56 Å². The molecule has 4 N–H and O–H groups in total. The van der Waals surface area contributed by atoms with E-state index in [-0.39, 0.29) is 0 Å². The molecule has 0 radical (unpaired) electrons. The molecular formula is C13H13N3. The molecule has 2 aromatic carbocycles. The van der Waals surface area contributed by atoms with Crippen LogP contribution in [0.3, 0.4) is 0 Å². The highest BCUT2D eigenvalue weighted by Gasteiger charge is 2.06. The van der Waals surface area contributed by atoms with Crippen molar-refractivity contribution in [1.82, 2.24) is 0 Å². The Morgan fingerprint density at radius 1 is 0.875 bits per heavy atom. The Hall–Kier alpha value is -2.29. The number of hydrogen-bond acceptors (Lipinski definition) is 2. The third kappa shape index (κ3) is 1.88. The van der Waals surface area contributed by atoms with Crippen LogP contribution in [0.15, 0.2) is 59.7 Å². The van der Waals surface area contributed by atoms with Gasteiger partial charge >= 0.3 is 0 Å². The fraction of sp³-hybridized carbons (Fsp3) is 0. The zero-order valence-corrected chi connectivity index (χ0v) is 8.80. The molecule has 0 amide bonds. The van der Waals surface area contributed by atoms with Crippen LogP contribution in [-0.4, -0.2) is 5.84 Å². The second-order valence-corrected chi connectivity index (χ2v) is 3.43. The average Bonchev–Trinajstić information content (AvgIpc) is 2.39. The van der Waals surface area contributed by atoms with Gasteiger partial charge in [0.1, 0.15) is 0 Å². The van der Waals surface area contributed by atoms with Crippen LogP contribution in [0.4, 0.5) is 0 Å². The van der Waals surface area contributed by atoms with Gasteiger partial charge in [-0.05, 0) is 11.1 Å². The maximum absolute atomic E-state index is 5.76. The minimum absolute atomic E-state index is 0.347. The number of rotatable bonds is 2. The lowest BCUT2D eigenvalue weighted by atomic mass is 9.99. The lowest BCUT2D eigenvalue weighted by Crippen LogP contribution is -2.16. The first kappa shape index (κ1) is 10.2. The number of benzene rings is 2. The van der Waals surface area contributed by atoms with Crippen molar-refractivity contribution in [3.63, 3.8) is 0 Å². The molecule has 0 fully saturated rings. The van der Waals surface area contributed by atoms with Crippen LogP contribution in [0.2, 0.25) is 0 Å². The van der Waals surface area contributed by atoms with Crippen molar-refractivity contribution in [2.24, 2.45) is 16.7 Å². The second kappa shape index (κ2) is 4.49. The fourth-order valence-corrected chi connectivity index (χ4v) is 1.65. The zero-order valence-electron chi connectivity index (χ0n) is 8.80. The summed E-state index contributed by atoms with van der Waals surface area (Å²) < 4.78 is 0. The number of nitrogens with zero attached hydrogens (tertiary/aromatic N) is 1. The minimum Gasteiger partial charge on any atom is -0.382 e. The second-order valence-electron chi connectivity index (χ2n) is 3.43. The van der Waals surface area contributed by atoms with E-state index in [0.29, 0.717) is 5.84 Å². The van der Waals surface area contributed by atoms with Gasteiger partial charge in [0.05, 0.1) is 0 Å². The van der Waals surface area contributed by atoms with Gasteiger partial charge in [-0.15, -0.1) is 0 Å². The highest BCUT2D eigenvalue weighted by Crippen LogP contribution is 2.22. The Labute approximate surface area is 94.4 Å². The Balaban J connectivity index is 2.58. The van der Waals surface area contributed by atoms with Crippen molar-refractivity contribution in [3.05, 3.63) is 60.2 Å². The number of hydrogen-bond donors (Lipinski definition) is 2. The van der Waals surface area contributed by atoms with Gasteiger partial charge in [0.2, 0.25) is 0 Å². The predicted octanol–water partition coefficient (Wildman–Crippen LogP) is 1.93. The Morgan fingerprint density at radius 2 is 1.50 bits per heavy atom. The molecule has 0 aliphatic carbocycles. The smallest absolute Gasteiger partial charge is 0.150 e. The van der Waals surface area contributed by atoms with Gasteiger partial charge < -0.3 is 11.6 Å². The van der Waals surface area contributed by atoms with Crippen molar-refractivity contribution < 1.29 is 0 Å². The van der Waals surface area contributed by atoms with Crippen molar-refractivity contribution in [2.45, 2.75) is 0 Å². The third-order valence-electron chi connectivity index (χ3n) is 2.43. The summed E-state index contributed by atoms with van der Waals surface area (Å²) in [6.07, 6.45) is 0. The van der Waals surface area contributed by atoms with E-state index in [4.69, 9.17) is 11.6 Å². The summed E-state index contributed by atoms with van der Waals surface area (Å²) in [5, 5.41) is 3.54. The van der Waals surface area contributed by atoms with Crippen molar-refractivity contribution in [2.75, 3.05) is 0 Å². The number of nitrogens with two attached hydrogens (primary N) is 2. The quantitative estimate of drug-likeness (QED) is 0.345. The molecule has 16 heavy (non-hydrogen) atoms. The van der Waals surface area contributed by atoms with Crippen LogP contribution in [0.25, 0.3) is 11.1 Å². The van der Waals surface area contributed by atoms with E-state index >= 15 is 0 Å². The summed E-state index contributed by atoms with van der Waals surface area (Å²) in [4.78, 5) is 0. The first-order valence-corrected chi connectivity index (χ1v) is 5.01. The summed E-state index contributed by atoms with van der Waals surface area (Å²) in [5.74, 6) is 5.56. The monoisotopic (exact) mass is 211 g/mol. The van der Waals surface area contributed by atoms with Crippen LogP contribution in [0, 0.1) is 0 Å². The fourth-order valence-electron chi connectivity index (χ4n) is 1.65. The third-order valence-corrected chi connectivity index (χ3v) is 2.43. The summed E-state index contributed by atoms with van der Waals surface area (Å²) >= 11 is 0. The van der Waals surface area contributed by atoms with E-state index in [0.717, 1.165) is 16.7 Å². The normalized spacial score (nSPS) is 11.4. The van der Waals surface area contributed by atoms with Gasteiger partial charge in [0.25, 0.3) is 0 Å². The summed E-state index contributed by atoms with van der Waals surface area (Å²) in [6, 6.07) is 17.8. The van der Waals surface area contributed by atoms with Gasteiger partial charge in [0.15, 0.2) is 5.84 Å². The highest BCUT2D eigenvalue weighted by atomic mass is 15.2. The maximum atomic E-state index is 5.76. The lowest BCUT2D eigenvalue weighted by molar-refractivity contribution is 1.23. The van der Waals surface area contributed by atoms with Crippen molar-refractivity contribution in [1.29, 1.82) is 0 Å². The molecule has 2 rings (SSSR count). The van der Waals surface area contributed by atoms with Gasteiger partial charge in [-0.3, -0.25) is 0 Å². The molecular weight excluding hydrogens is 198 g/mol. The standard InChI is InChI=1S/C13H13N3/c14-13(16-15)12-9-5-4-8-11(12)10-6-2-1-3-7-10/h1-9H,15H2,(H2,14,16). The highest BCUT2D eigenvalue weighted by molar-refractivity contribution is 6.03. The van der Waals surface area contributed by atoms with Crippen LogP contribution >= 0.6 is 0 Å². The molecule has 0 heterocycles. The first-order valence-electron chi connectivity index (χ1n) is 5.01. The molecule has 0 saturated carbocycles. The molecule has 0 atom stereocenters. The molecule has 0 aliphatic heterocycles. The van der Waals surface area contributed by atoms with Crippen molar-refractivity contribution >= 4 is 5.84 Å². The van der Waals surface area contributed by atoms with Gasteiger partial charge in [0, 0.05) is 5.56 Å². The van der Waals surface area contributed by atoms with Crippen LogP contribution in [-0.2, 0) is 0 Å². The van der Waals surface area contributed by atoms with Crippen LogP contribution in [0.5, 0.6) is 0 Å². The zero-order chi connectivity index (χ0) is 11.4. The molecule has 0 saturated heterocycles. The average molecular weight is 211 g/mol. The van der Waals surface area contributed by atoms with Gasteiger partial charge in [-0.1, -0.05) is 54.6 Å². The van der Waals surface area contributed by atoms with Gasteiger partial charge in [-0.25, -0.2) is 0 Å². The summed E-state index contributed by atoms with van der Waals surface area (Å²) in [5.41, 5.74) is 8.75. The summed E-state index contributed by atoms with van der Waals surface area (Å²) in [6.45, 7) is 0. The molecule has 0 unspecified atom stereocenters. The molecule has 0 aliphatic rings. The van der Waals surface area contributed by atoms with E-state index in [1.54, 1.807) is 0 Å². The summed E-state index contributed by atoms with van der Waals surface area (Å²) in [7, 11) is 0. The van der Waals surface area contributed by atoms with Crippen molar-refractivity contribution in [3.8, 4) is 11.1 Å². The van der Waals surface area contributed by atoms with E-state index in [9.17, 15) is 0 Å². The number of hydrazone groups is 1. The molecule has 2 aromatic rings. The van der Waals surface area contributed by atoms with E-state index in [1.807, 2.05) is 54.6 Å². The Kier molecular flexibility index (Phi) is 2.87. The number of amidine groups is 1. The van der Waals surface area contributed by atoms with E-state index in [2.05, 4.69) is 5.10 Å². The predicted molar refractivity (Wildman–Crippen MR) is 66.8 cm³/mol. The largest absolute Gasteiger partial charge is 0.382 e. The molecule has 3 nitrogen and oxygen atoms in total. The SMILES string of the molecule is NN=C(N)c1ccccc1-c1ccccc1. The minimum atomic E-state index is 0.347. The van der Waals surface area contributed by atoms with Crippen LogP contribution < -0.4 is 11.6 Å². The topological polar surface area (TPSA) is 64.4 Å². The lowest BCUT2D eigenvalue weighted by Gasteiger charge is -2.08. The van der Waals surface area contributed by atoms with E-state index in [1.165, 1.54) is 0 Å².